The Balaban J connectivity index is 1.78. The topological polar surface area (TPSA) is 80.5 Å². The molecule has 2 aromatic carbocycles. The first-order valence-electron chi connectivity index (χ1n) is 6.19. The number of aromatic nitrogens is 5. The highest BCUT2D eigenvalue weighted by Crippen LogP contribution is 2.26. The van der Waals surface area contributed by atoms with E-state index in [1.807, 2.05) is 30.3 Å². The molecule has 7 heteroatoms. The molecule has 0 fully saturated rings. The Morgan fingerprint density at radius 2 is 1.90 bits per heavy atom. The van der Waals surface area contributed by atoms with Crippen LogP contribution in [0.5, 0.6) is 0 Å². The fraction of sp³-hybridized carbons (Fsp3) is 0. The first-order chi connectivity index (χ1) is 10.3. The SMILES string of the molecule is Brc1ccc2cc(-c3nc(-c4ncn[nH]4)no3)ccc2c1. The van der Waals surface area contributed by atoms with Crippen LogP contribution in [-0.2, 0) is 0 Å². The van der Waals surface area contributed by atoms with Crippen molar-refractivity contribution >= 4 is 26.7 Å². The van der Waals surface area contributed by atoms with Gasteiger partial charge >= 0.3 is 0 Å². The molecule has 0 saturated carbocycles. The van der Waals surface area contributed by atoms with E-state index in [9.17, 15) is 0 Å². The Morgan fingerprint density at radius 3 is 2.76 bits per heavy atom. The van der Waals surface area contributed by atoms with Crippen molar-refractivity contribution in [3.63, 3.8) is 0 Å². The summed E-state index contributed by atoms with van der Waals surface area (Å²) in [7, 11) is 0. The van der Waals surface area contributed by atoms with E-state index in [-0.39, 0.29) is 0 Å². The van der Waals surface area contributed by atoms with Crippen LogP contribution in [0.1, 0.15) is 0 Å². The van der Waals surface area contributed by atoms with E-state index in [4.69, 9.17) is 4.52 Å². The summed E-state index contributed by atoms with van der Waals surface area (Å²) in [6.45, 7) is 0. The molecule has 6 nitrogen and oxygen atoms in total. The number of benzene rings is 2. The van der Waals surface area contributed by atoms with Gasteiger partial charge in [-0.05, 0) is 35.0 Å². The van der Waals surface area contributed by atoms with Crippen LogP contribution in [0.2, 0.25) is 0 Å². The van der Waals surface area contributed by atoms with Gasteiger partial charge in [0.2, 0.25) is 5.82 Å². The summed E-state index contributed by atoms with van der Waals surface area (Å²) in [5.74, 6) is 1.32. The third-order valence-corrected chi connectivity index (χ3v) is 3.60. The molecule has 0 spiro atoms. The average molecular weight is 342 g/mol. The Labute approximate surface area is 127 Å². The van der Waals surface area contributed by atoms with E-state index in [0.717, 1.165) is 20.8 Å². The van der Waals surface area contributed by atoms with Gasteiger partial charge in [0, 0.05) is 10.0 Å². The van der Waals surface area contributed by atoms with Crippen molar-refractivity contribution in [1.29, 1.82) is 0 Å². The van der Waals surface area contributed by atoms with Crippen LogP contribution >= 0.6 is 15.9 Å². The number of aromatic amines is 1. The van der Waals surface area contributed by atoms with Crippen molar-refractivity contribution in [3.8, 4) is 23.1 Å². The van der Waals surface area contributed by atoms with E-state index in [0.29, 0.717) is 17.5 Å². The number of nitrogens with zero attached hydrogens (tertiary/aromatic N) is 4. The van der Waals surface area contributed by atoms with Crippen molar-refractivity contribution in [2.24, 2.45) is 0 Å². The summed E-state index contributed by atoms with van der Waals surface area (Å²) < 4.78 is 6.34. The van der Waals surface area contributed by atoms with E-state index >= 15 is 0 Å². The molecule has 0 aliphatic rings. The Bertz CT molecular complexity index is 916. The van der Waals surface area contributed by atoms with Crippen LogP contribution in [0.4, 0.5) is 0 Å². The molecule has 0 bridgehead atoms. The van der Waals surface area contributed by atoms with Crippen molar-refractivity contribution in [2.45, 2.75) is 0 Å². The summed E-state index contributed by atoms with van der Waals surface area (Å²) in [5.41, 5.74) is 0.864. The zero-order valence-electron chi connectivity index (χ0n) is 10.6. The summed E-state index contributed by atoms with van der Waals surface area (Å²) >= 11 is 3.46. The van der Waals surface area contributed by atoms with Crippen LogP contribution in [0, 0.1) is 0 Å². The number of hydrogen-bond donors (Lipinski definition) is 1. The van der Waals surface area contributed by atoms with Gasteiger partial charge in [-0.15, -0.1) is 0 Å². The minimum Gasteiger partial charge on any atom is -0.334 e. The quantitative estimate of drug-likeness (QED) is 0.604. The predicted octanol–water partition coefficient (Wildman–Crippen LogP) is 3.44. The molecule has 4 rings (SSSR count). The Kier molecular flexibility index (Phi) is 2.78. The monoisotopic (exact) mass is 341 g/mol. The Morgan fingerprint density at radius 1 is 1.05 bits per heavy atom. The highest BCUT2D eigenvalue weighted by Gasteiger charge is 2.12. The summed E-state index contributed by atoms with van der Waals surface area (Å²) in [4.78, 5) is 8.32. The summed E-state index contributed by atoms with van der Waals surface area (Å²) in [6, 6.07) is 12.1. The molecule has 0 radical (unpaired) electrons. The molecule has 0 unspecified atom stereocenters. The standard InChI is InChI=1S/C14H8BrN5O/c15-11-4-3-8-5-10(2-1-9(8)6-11)14-18-13(20-21-14)12-16-7-17-19-12/h1-7H,(H,16,17,19). The first kappa shape index (κ1) is 12.2. The fourth-order valence-corrected chi connectivity index (χ4v) is 2.48. The van der Waals surface area contributed by atoms with Crippen LogP contribution in [0.15, 0.2) is 51.7 Å². The number of rotatable bonds is 2. The minimum atomic E-state index is 0.387. The van der Waals surface area contributed by atoms with Crippen molar-refractivity contribution < 1.29 is 4.52 Å². The van der Waals surface area contributed by atoms with E-state index in [1.165, 1.54) is 6.33 Å². The van der Waals surface area contributed by atoms with Gasteiger partial charge in [0.15, 0.2) is 5.82 Å². The van der Waals surface area contributed by atoms with Gasteiger partial charge in [-0.3, -0.25) is 5.10 Å². The molecule has 0 aliphatic heterocycles. The van der Waals surface area contributed by atoms with Gasteiger partial charge in [0.1, 0.15) is 6.33 Å². The molecule has 0 amide bonds. The molecule has 2 aromatic heterocycles. The Hall–Kier alpha value is -2.54. The first-order valence-corrected chi connectivity index (χ1v) is 6.98. The van der Waals surface area contributed by atoms with Crippen LogP contribution in [0.3, 0.4) is 0 Å². The summed E-state index contributed by atoms with van der Waals surface area (Å²) in [6.07, 6.45) is 1.40. The van der Waals surface area contributed by atoms with Gasteiger partial charge in [0.25, 0.3) is 5.89 Å². The van der Waals surface area contributed by atoms with Gasteiger partial charge in [-0.1, -0.05) is 33.2 Å². The van der Waals surface area contributed by atoms with Gasteiger partial charge in [-0.25, -0.2) is 4.98 Å². The normalized spacial score (nSPS) is 11.1. The maximum atomic E-state index is 5.29. The molecule has 102 valence electrons. The molecule has 0 aliphatic carbocycles. The molecule has 0 atom stereocenters. The number of halogens is 1. The number of hydrogen-bond acceptors (Lipinski definition) is 5. The van der Waals surface area contributed by atoms with Crippen molar-refractivity contribution in [3.05, 3.63) is 47.2 Å². The maximum absolute atomic E-state index is 5.29. The molecular weight excluding hydrogens is 334 g/mol. The predicted molar refractivity (Wildman–Crippen MR) is 80.3 cm³/mol. The zero-order chi connectivity index (χ0) is 14.2. The number of nitrogens with one attached hydrogen (secondary N) is 1. The van der Waals surface area contributed by atoms with Crippen LogP contribution in [0.25, 0.3) is 33.9 Å². The van der Waals surface area contributed by atoms with Crippen molar-refractivity contribution in [2.75, 3.05) is 0 Å². The van der Waals surface area contributed by atoms with Crippen LogP contribution < -0.4 is 0 Å². The highest BCUT2D eigenvalue weighted by molar-refractivity contribution is 9.10. The molecule has 21 heavy (non-hydrogen) atoms. The maximum Gasteiger partial charge on any atom is 0.258 e. The fourth-order valence-electron chi connectivity index (χ4n) is 2.10. The smallest absolute Gasteiger partial charge is 0.258 e. The van der Waals surface area contributed by atoms with Gasteiger partial charge in [-0.2, -0.15) is 10.1 Å². The van der Waals surface area contributed by atoms with E-state index in [2.05, 4.69) is 47.3 Å². The third-order valence-electron chi connectivity index (χ3n) is 3.10. The molecule has 0 saturated heterocycles. The number of fused-ring (bicyclic) bond motifs is 1. The average Bonchev–Trinajstić information content (AvgIpc) is 3.17. The van der Waals surface area contributed by atoms with Crippen LogP contribution in [-0.4, -0.2) is 25.3 Å². The molecule has 1 N–H and O–H groups in total. The lowest BCUT2D eigenvalue weighted by Gasteiger charge is -2.00. The van der Waals surface area contributed by atoms with Gasteiger partial charge < -0.3 is 4.52 Å². The third kappa shape index (κ3) is 2.21. The lowest BCUT2D eigenvalue weighted by Crippen LogP contribution is -1.84. The summed E-state index contributed by atoms with van der Waals surface area (Å²) in [5, 5.41) is 12.6. The molecule has 2 heterocycles. The molecular formula is C14H8BrN5O. The second kappa shape index (κ2) is 4.78. The van der Waals surface area contributed by atoms with E-state index in [1.54, 1.807) is 0 Å². The second-order valence-electron chi connectivity index (χ2n) is 4.46. The largest absolute Gasteiger partial charge is 0.334 e. The lowest BCUT2D eigenvalue weighted by molar-refractivity contribution is 0.432. The second-order valence-corrected chi connectivity index (χ2v) is 5.38. The van der Waals surface area contributed by atoms with Crippen molar-refractivity contribution in [1.82, 2.24) is 25.3 Å². The lowest BCUT2D eigenvalue weighted by atomic mass is 10.1. The van der Waals surface area contributed by atoms with Gasteiger partial charge in [0.05, 0.1) is 0 Å². The minimum absolute atomic E-state index is 0.387. The van der Waals surface area contributed by atoms with E-state index < -0.39 is 0 Å². The number of H-pyrrole nitrogens is 1. The zero-order valence-corrected chi connectivity index (χ0v) is 12.2. The highest BCUT2D eigenvalue weighted by atomic mass is 79.9. The molecule has 4 aromatic rings.